The zero-order valence-electron chi connectivity index (χ0n) is 12.7. The van der Waals surface area contributed by atoms with Crippen molar-refractivity contribution >= 4 is 21.7 Å². The Morgan fingerprint density at radius 2 is 2.14 bits per heavy atom. The Morgan fingerprint density at radius 1 is 1.38 bits per heavy atom. The van der Waals surface area contributed by atoms with Gasteiger partial charge in [0.2, 0.25) is 0 Å². The SMILES string of the molecule is CCN(CCCC(=O)c1ccc(Br)cc1)CC1CCCO1. The molecule has 1 atom stereocenters. The van der Waals surface area contributed by atoms with Gasteiger partial charge in [-0.15, -0.1) is 0 Å². The molecule has 1 aromatic carbocycles. The quantitative estimate of drug-likeness (QED) is 0.663. The van der Waals surface area contributed by atoms with Crippen LogP contribution in [0, 0.1) is 0 Å². The molecule has 0 amide bonds. The molecule has 1 saturated heterocycles. The first kappa shape index (κ1) is 16.7. The van der Waals surface area contributed by atoms with Crippen molar-refractivity contribution in [3.8, 4) is 0 Å². The third-order valence-electron chi connectivity index (χ3n) is 3.98. The monoisotopic (exact) mass is 353 g/mol. The van der Waals surface area contributed by atoms with E-state index in [0.29, 0.717) is 12.5 Å². The van der Waals surface area contributed by atoms with Crippen LogP contribution in [0.3, 0.4) is 0 Å². The lowest BCUT2D eigenvalue weighted by atomic mass is 10.1. The van der Waals surface area contributed by atoms with Crippen LogP contribution in [0.25, 0.3) is 0 Å². The van der Waals surface area contributed by atoms with Crippen LogP contribution in [0.4, 0.5) is 0 Å². The minimum Gasteiger partial charge on any atom is -0.377 e. The zero-order chi connectivity index (χ0) is 15.1. The number of benzene rings is 1. The van der Waals surface area contributed by atoms with Gasteiger partial charge in [0.15, 0.2) is 5.78 Å². The number of Topliss-reactive ketones (excluding diaryl/α,β-unsaturated/α-hetero) is 1. The smallest absolute Gasteiger partial charge is 0.162 e. The number of carbonyl (C=O) groups excluding carboxylic acids is 1. The van der Waals surface area contributed by atoms with Crippen molar-refractivity contribution in [2.45, 2.75) is 38.7 Å². The molecule has 116 valence electrons. The predicted octanol–water partition coefficient (Wildman–Crippen LogP) is 3.91. The maximum atomic E-state index is 12.1. The second-order valence-electron chi connectivity index (χ2n) is 5.56. The molecule has 0 bridgehead atoms. The number of ketones is 1. The number of likely N-dealkylation sites (N-methyl/N-ethyl adjacent to an activating group) is 1. The van der Waals surface area contributed by atoms with E-state index >= 15 is 0 Å². The van der Waals surface area contributed by atoms with Crippen LogP contribution in [-0.4, -0.2) is 43.0 Å². The van der Waals surface area contributed by atoms with Gasteiger partial charge < -0.3 is 9.64 Å². The van der Waals surface area contributed by atoms with Gasteiger partial charge in [-0.25, -0.2) is 0 Å². The van der Waals surface area contributed by atoms with E-state index in [9.17, 15) is 4.79 Å². The van der Waals surface area contributed by atoms with Gasteiger partial charge in [-0.1, -0.05) is 35.0 Å². The molecule has 1 aliphatic rings. The van der Waals surface area contributed by atoms with E-state index in [0.717, 1.165) is 42.7 Å². The summed E-state index contributed by atoms with van der Waals surface area (Å²) in [6.07, 6.45) is 4.28. The number of hydrogen-bond acceptors (Lipinski definition) is 3. The van der Waals surface area contributed by atoms with Crippen LogP contribution in [0.2, 0.25) is 0 Å². The summed E-state index contributed by atoms with van der Waals surface area (Å²) in [6.45, 7) is 6.07. The second kappa shape index (κ2) is 8.66. The van der Waals surface area contributed by atoms with Crippen LogP contribution < -0.4 is 0 Å². The van der Waals surface area contributed by atoms with Crippen molar-refractivity contribution in [3.05, 3.63) is 34.3 Å². The number of nitrogens with zero attached hydrogens (tertiary/aromatic N) is 1. The average molecular weight is 354 g/mol. The summed E-state index contributed by atoms with van der Waals surface area (Å²) in [7, 11) is 0. The van der Waals surface area contributed by atoms with Gasteiger partial charge in [0.05, 0.1) is 6.10 Å². The van der Waals surface area contributed by atoms with Gasteiger partial charge >= 0.3 is 0 Å². The molecular weight excluding hydrogens is 330 g/mol. The molecule has 0 radical (unpaired) electrons. The van der Waals surface area contributed by atoms with Crippen LogP contribution in [0.15, 0.2) is 28.7 Å². The van der Waals surface area contributed by atoms with E-state index in [1.54, 1.807) is 0 Å². The van der Waals surface area contributed by atoms with Crippen LogP contribution >= 0.6 is 15.9 Å². The maximum Gasteiger partial charge on any atom is 0.162 e. The van der Waals surface area contributed by atoms with Crippen molar-refractivity contribution in [1.29, 1.82) is 0 Å². The number of hydrogen-bond donors (Lipinski definition) is 0. The van der Waals surface area contributed by atoms with E-state index in [1.807, 2.05) is 24.3 Å². The van der Waals surface area contributed by atoms with Gasteiger partial charge in [-0.3, -0.25) is 4.79 Å². The summed E-state index contributed by atoms with van der Waals surface area (Å²) < 4.78 is 6.69. The number of ether oxygens (including phenoxy) is 1. The highest BCUT2D eigenvalue weighted by Crippen LogP contribution is 2.15. The predicted molar refractivity (Wildman–Crippen MR) is 88.8 cm³/mol. The average Bonchev–Trinajstić information content (AvgIpc) is 2.99. The molecule has 0 spiro atoms. The van der Waals surface area contributed by atoms with E-state index in [-0.39, 0.29) is 5.78 Å². The molecule has 3 nitrogen and oxygen atoms in total. The maximum absolute atomic E-state index is 12.1. The molecule has 0 aliphatic carbocycles. The molecule has 1 aromatic rings. The third kappa shape index (κ3) is 5.53. The summed E-state index contributed by atoms with van der Waals surface area (Å²) in [6, 6.07) is 7.61. The summed E-state index contributed by atoms with van der Waals surface area (Å²) in [5, 5.41) is 0. The van der Waals surface area contributed by atoms with Crippen molar-refractivity contribution in [2.75, 3.05) is 26.2 Å². The van der Waals surface area contributed by atoms with Gasteiger partial charge in [0.25, 0.3) is 0 Å². The lowest BCUT2D eigenvalue weighted by Crippen LogP contribution is -2.33. The highest BCUT2D eigenvalue weighted by atomic mass is 79.9. The minimum absolute atomic E-state index is 0.232. The van der Waals surface area contributed by atoms with Crippen LogP contribution in [-0.2, 0) is 4.74 Å². The summed E-state index contributed by atoms with van der Waals surface area (Å²) in [5.41, 5.74) is 0.806. The molecule has 2 rings (SSSR count). The van der Waals surface area contributed by atoms with Crippen molar-refractivity contribution < 1.29 is 9.53 Å². The first-order chi connectivity index (χ1) is 10.2. The standard InChI is InChI=1S/C17H24BrNO2/c1-2-19(13-16-5-4-12-21-16)11-3-6-17(20)14-7-9-15(18)10-8-14/h7-10,16H,2-6,11-13H2,1H3. The topological polar surface area (TPSA) is 29.5 Å². The first-order valence-electron chi connectivity index (χ1n) is 7.81. The minimum atomic E-state index is 0.232. The lowest BCUT2D eigenvalue weighted by Gasteiger charge is -2.23. The van der Waals surface area contributed by atoms with Crippen molar-refractivity contribution in [1.82, 2.24) is 4.90 Å². The van der Waals surface area contributed by atoms with E-state index in [2.05, 4.69) is 27.8 Å². The summed E-state index contributed by atoms with van der Waals surface area (Å²) in [5.74, 6) is 0.232. The molecule has 1 heterocycles. The Balaban J connectivity index is 1.71. The summed E-state index contributed by atoms with van der Waals surface area (Å²) >= 11 is 3.39. The first-order valence-corrected chi connectivity index (χ1v) is 8.61. The fraction of sp³-hybridized carbons (Fsp3) is 0.588. The molecule has 0 saturated carbocycles. The van der Waals surface area contributed by atoms with Gasteiger partial charge in [0.1, 0.15) is 0 Å². The molecule has 0 N–H and O–H groups in total. The Bertz CT molecular complexity index is 441. The molecule has 21 heavy (non-hydrogen) atoms. The molecule has 1 unspecified atom stereocenters. The Kier molecular flexibility index (Phi) is 6.87. The van der Waals surface area contributed by atoms with Crippen LogP contribution in [0.1, 0.15) is 43.0 Å². The van der Waals surface area contributed by atoms with Crippen molar-refractivity contribution in [2.24, 2.45) is 0 Å². The molecular formula is C17H24BrNO2. The molecule has 0 aromatic heterocycles. The Labute approximate surface area is 135 Å². The Hall–Kier alpha value is -0.710. The van der Waals surface area contributed by atoms with Crippen molar-refractivity contribution in [3.63, 3.8) is 0 Å². The molecule has 1 fully saturated rings. The Morgan fingerprint density at radius 3 is 2.76 bits per heavy atom. The zero-order valence-corrected chi connectivity index (χ0v) is 14.3. The van der Waals surface area contributed by atoms with Gasteiger partial charge in [0, 0.05) is 29.6 Å². The lowest BCUT2D eigenvalue weighted by molar-refractivity contribution is 0.0737. The summed E-state index contributed by atoms with van der Waals surface area (Å²) in [4.78, 5) is 14.5. The second-order valence-corrected chi connectivity index (χ2v) is 6.48. The normalized spacial score (nSPS) is 18.3. The largest absolute Gasteiger partial charge is 0.377 e. The van der Waals surface area contributed by atoms with Gasteiger partial charge in [-0.05, 0) is 44.5 Å². The highest BCUT2D eigenvalue weighted by molar-refractivity contribution is 9.10. The van der Waals surface area contributed by atoms with Gasteiger partial charge in [-0.2, -0.15) is 0 Å². The number of rotatable bonds is 8. The van der Waals surface area contributed by atoms with E-state index in [1.165, 1.54) is 12.8 Å². The fourth-order valence-corrected chi connectivity index (χ4v) is 2.96. The highest BCUT2D eigenvalue weighted by Gasteiger charge is 2.18. The molecule has 1 aliphatic heterocycles. The van der Waals surface area contributed by atoms with Crippen LogP contribution in [0.5, 0.6) is 0 Å². The van der Waals surface area contributed by atoms with E-state index < -0.39 is 0 Å². The fourth-order valence-electron chi connectivity index (χ4n) is 2.70. The third-order valence-corrected chi connectivity index (χ3v) is 4.51. The molecule has 4 heteroatoms. The van der Waals surface area contributed by atoms with E-state index in [4.69, 9.17) is 4.74 Å². The number of halogens is 1. The number of carbonyl (C=O) groups is 1.